The van der Waals surface area contributed by atoms with E-state index in [2.05, 4.69) is 16.0 Å². The minimum atomic E-state index is -0.920. The third-order valence-electron chi connectivity index (χ3n) is 13.0. The van der Waals surface area contributed by atoms with E-state index in [-0.39, 0.29) is 54.2 Å². The topological polar surface area (TPSA) is 176 Å². The molecule has 0 unspecified atom stereocenters. The predicted octanol–water partition coefficient (Wildman–Crippen LogP) is 4.07. The molecule has 11 atom stereocenters. The van der Waals surface area contributed by atoms with Crippen molar-refractivity contribution >= 4 is 35.5 Å². The van der Waals surface area contributed by atoms with Gasteiger partial charge in [0, 0.05) is 41.3 Å². The van der Waals surface area contributed by atoms with E-state index in [0.717, 1.165) is 12.0 Å². The van der Waals surface area contributed by atoms with Crippen molar-refractivity contribution < 1.29 is 43.0 Å². The first-order valence-corrected chi connectivity index (χ1v) is 22.5. The molecule has 0 bridgehead atoms. The number of nitrogens with zero attached hydrogens (tertiary/aromatic N) is 3. The van der Waals surface area contributed by atoms with Crippen LogP contribution in [0.25, 0.3) is 0 Å². The van der Waals surface area contributed by atoms with E-state index in [0.29, 0.717) is 25.8 Å². The summed E-state index contributed by atoms with van der Waals surface area (Å²) in [6.45, 7) is 17.7. The number of likely N-dealkylation sites (tertiary alicyclic amines) is 1. The first-order valence-electron chi connectivity index (χ1n) is 22.5. The zero-order valence-corrected chi connectivity index (χ0v) is 40.4. The average Bonchev–Trinajstić information content (AvgIpc) is 3.74. The van der Waals surface area contributed by atoms with Crippen LogP contribution >= 0.6 is 0 Å². The van der Waals surface area contributed by atoms with Crippen LogP contribution in [0.1, 0.15) is 100.0 Å². The Balaban J connectivity index is 2.33. The lowest BCUT2D eigenvalue weighted by molar-refractivity contribution is -0.149. The number of amides is 5. The maximum Gasteiger partial charge on any atom is 0.328 e. The van der Waals surface area contributed by atoms with Gasteiger partial charge in [-0.2, -0.15) is 0 Å². The second-order valence-electron chi connectivity index (χ2n) is 17.9. The highest BCUT2D eigenvalue weighted by molar-refractivity contribution is 5.93. The SMILES string of the molecule is CC[C@H](C)[C@@H]([C@@H](CC(=O)N1CCC[C@H]1[C@H](OC)[C@@H](C)C(=O)N[C@@H](Cc1ccccc1)C(=O)OC)OC)N(C)C(=O)[C@@H](NC(=O)[C@H](C(C)C)N(C)C(=O)[C@@H](NC)[C@@H](C)CC)C(C)C. The van der Waals surface area contributed by atoms with Gasteiger partial charge >= 0.3 is 5.97 Å². The van der Waals surface area contributed by atoms with Gasteiger partial charge in [0.2, 0.25) is 29.5 Å². The normalized spacial score (nSPS) is 19.0. The zero-order valence-electron chi connectivity index (χ0n) is 40.4. The molecule has 1 aliphatic rings. The summed E-state index contributed by atoms with van der Waals surface area (Å²) in [6.07, 6.45) is 1.61. The quantitative estimate of drug-likeness (QED) is 0.122. The molecule has 0 radical (unpaired) electrons. The summed E-state index contributed by atoms with van der Waals surface area (Å²) >= 11 is 0. The van der Waals surface area contributed by atoms with E-state index in [9.17, 15) is 28.8 Å². The number of hydrogen-bond acceptors (Lipinski definition) is 10. The Morgan fingerprint density at radius 3 is 1.87 bits per heavy atom. The molecule has 0 aromatic heterocycles. The van der Waals surface area contributed by atoms with E-state index in [1.165, 1.54) is 26.2 Å². The Bertz CT molecular complexity index is 1590. The molecule has 0 spiro atoms. The number of rotatable bonds is 25. The van der Waals surface area contributed by atoms with Crippen molar-refractivity contribution in [3.63, 3.8) is 0 Å². The molecule has 0 aliphatic carbocycles. The molecule has 0 saturated carbocycles. The minimum Gasteiger partial charge on any atom is -0.467 e. The molecule has 1 saturated heterocycles. The Morgan fingerprint density at radius 2 is 1.37 bits per heavy atom. The summed E-state index contributed by atoms with van der Waals surface area (Å²) < 4.78 is 17.0. The molecule has 2 rings (SSSR count). The van der Waals surface area contributed by atoms with Crippen LogP contribution in [-0.2, 0) is 49.4 Å². The van der Waals surface area contributed by atoms with Crippen LogP contribution < -0.4 is 16.0 Å². The van der Waals surface area contributed by atoms with Crippen molar-refractivity contribution in [2.75, 3.05) is 49.0 Å². The van der Waals surface area contributed by atoms with Gasteiger partial charge in [-0.05, 0) is 49.1 Å². The second-order valence-corrected chi connectivity index (χ2v) is 17.9. The zero-order chi connectivity index (χ0) is 47.0. The van der Waals surface area contributed by atoms with Crippen LogP contribution in [0.3, 0.4) is 0 Å². The number of ether oxygens (including phenoxy) is 3. The van der Waals surface area contributed by atoms with Crippen molar-refractivity contribution in [2.24, 2.45) is 29.6 Å². The molecule has 5 amide bonds. The number of carbonyl (C=O) groups excluding carboxylic acids is 6. The van der Waals surface area contributed by atoms with E-state index >= 15 is 0 Å². The summed E-state index contributed by atoms with van der Waals surface area (Å²) in [5.41, 5.74) is 0.864. The molecule has 1 aliphatic heterocycles. The number of carbonyl (C=O) groups is 6. The summed E-state index contributed by atoms with van der Waals surface area (Å²) in [6, 6.07) is 5.27. The Kier molecular flexibility index (Phi) is 22.6. The number of benzene rings is 1. The van der Waals surface area contributed by atoms with Crippen LogP contribution in [0.5, 0.6) is 0 Å². The molecule has 1 fully saturated rings. The Labute approximate surface area is 372 Å². The van der Waals surface area contributed by atoms with E-state index in [1.807, 2.05) is 85.7 Å². The summed E-state index contributed by atoms with van der Waals surface area (Å²) in [5.74, 6) is -3.40. The first-order chi connectivity index (χ1) is 29.3. The van der Waals surface area contributed by atoms with E-state index < -0.39 is 72.2 Å². The summed E-state index contributed by atoms with van der Waals surface area (Å²) in [4.78, 5) is 88.0. The van der Waals surface area contributed by atoms with Gasteiger partial charge in [0.15, 0.2) is 0 Å². The van der Waals surface area contributed by atoms with Crippen molar-refractivity contribution in [3.05, 3.63) is 35.9 Å². The maximum atomic E-state index is 14.6. The highest BCUT2D eigenvalue weighted by Gasteiger charge is 2.44. The Morgan fingerprint density at radius 1 is 0.774 bits per heavy atom. The van der Waals surface area contributed by atoms with Gasteiger partial charge in [0.25, 0.3) is 0 Å². The van der Waals surface area contributed by atoms with Gasteiger partial charge < -0.3 is 44.9 Å². The number of likely N-dealkylation sites (N-methyl/N-ethyl adjacent to an activating group) is 3. The number of hydrogen-bond donors (Lipinski definition) is 3. The molecule has 1 aromatic carbocycles. The standard InChI is InChI=1S/C47H80N6O9/c1-16-30(7)39(48-10)46(58)51(11)40(29(5)6)44(56)50-38(28(3)4)45(57)52(12)41(31(8)17-2)36(60-13)27-37(54)53-25-21-24-35(53)42(61-14)32(9)43(55)49-34(47(59)62-15)26-33-22-19-18-20-23-33/h18-20,22-23,28-32,34-36,38-42,48H,16-17,21,24-27H2,1-15H3,(H,49,55)(H,50,56)/t30-,31-,32+,34-,35-,36+,38-,39-,40-,41-,42+/m0/s1. The maximum absolute atomic E-state index is 14.6. The van der Waals surface area contributed by atoms with Crippen LogP contribution in [0, 0.1) is 29.6 Å². The molecular formula is C47H80N6O9. The van der Waals surface area contributed by atoms with Gasteiger partial charge in [0.05, 0.1) is 49.8 Å². The third kappa shape index (κ3) is 14.0. The molecule has 1 heterocycles. The first kappa shape index (κ1) is 54.1. The summed E-state index contributed by atoms with van der Waals surface area (Å²) in [7, 11) is 9.40. The van der Waals surface area contributed by atoms with Crippen molar-refractivity contribution in [3.8, 4) is 0 Å². The van der Waals surface area contributed by atoms with Crippen LogP contribution in [0.4, 0.5) is 0 Å². The molecule has 1 aromatic rings. The average molecular weight is 873 g/mol. The fraction of sp³-hybridized carbons (Fsp3) is 0.745. The van der Waals surface area contributed by atoms with Crippen LogP contribution in [0.2, 0.25) is 0 Å². The van der Waals surface area contributed by atoms with Gasteiger partial charge in [0.1, 0.15) is 18.1 Å². The number of methoxy groups -OCH3 is 3. The van der Waals surface area contributed by atoms with Crippen LogP contribution in [-0.4, -0.2) is 148 Å². The molecule has 62 heavy (non-hydrogen) atoms. The third-order valence-corrected chi connectivity index (χ3v) is 13.0. The fourth-order valence-electron chi connectivity index (χ4n) is 8.94. The lowest BCUT2D eigenvalue weighted by atomic mass is 9.89. The van der Waals surface area contributed by atoms with Crippen molar-refractivity contribution in [2.45, 2.75) is 149 Å². The van der Waals surface area contributed by atoms with E-state index in [1.54, 1.807) is 37.9 Å². The largest absolute Gasteiger partial charge is 0.467 e. The number of esters is 1. The fourth-order valence-corrected chi connectivity index (χ4v) is 8.94. The molecular weight excluding hydrogens is 793 g/mol. The predicted molar refractivity (Wildman–Crippen MR) is 241 cm³/mol. The monoisotopic (exact) mass is 873 g/mol. The lowest BCUT2D eigenvalue weighted by Crippen LogP contribution is -2.61. The second kappa shape index (κ2) is 25.9. The van der Waals surface area contributed by atoms with E-state index in [4.69, 9.17) is 14.2 Å². The lowest BCUT2D eigenvalue weighted by Gasteiger charge is -2.41. The van der Waals surface area contributed by atoms with Crippen molar-refractivity contribution in [1.29, 1.82) is 0 Å². The van der Waals surface area contributed by atoms with Gasteiger partial charge in [-0.1, -0.05) is 105 Å². The van der Waals surface area contributed by atoms with Crippen LogP contribution in [0.15, 0.2) is 30.3 Å². The van der Waals surface area contributed by atoms with Gasteiger partial charge in [-0.15, -0.1) is 0 Å². The number of nitrogens with one attached hydrogen (secondary N) is 3. The molecule has 352 valence electrons. The molecule has 15 heteroatoms. The van der Waals surface area contributed by atoms with Gasteiger partial charge in [-0.25, -0.2) is 4.79 Å². The summed E-state index contributed by atoms with van der Waals surface area (Å²) in [5, 5.41) is 8.99. The Hall–Kier alpha value is -4.08. The highest BCUT2D eigenvalue weighted by Crippen LogP contribution is 2.30. The molecule has 3 N–H and O–H groups in total. The molecule has 15 nitrogen and oxygen atoms in total. The highest BCUT2D eigenvalue weighted by atomic mass is 16.5. The van der Waals surface area contributed by atoms with Crippen molar-refractivity contribution in [1.82, 2.24) is 30.7 Å². The van der Waals surface area contributed by atoms with Gasteiger partial charge in [-0.3, -0.25) is 24.0 Å². The smallest absolute Gasteiger partial charge is 0.328 e. The minimum absolute atomic E-state index is 0.0397.